The zero-order valence-electron chi connectivity index (χ0n) is 9.65. The Morgan fingerprint density at radius 2 is 2.31 bits per heavy atom. The predicted octanol–water partition coefficient (Wildman–Crippen LogP) is 2.33. The molecule has 3 heteroatoms. The van der Waals surface area contributed by atoms with E-state index in [9.17, 15) is 5.11 Å². The maximum atomic E-state index is 9.57. The van der Waals surface area contributed by atoms with Crippen LogP contribution in [0.2, 0.25) is 0 Å². The zero-order valence-corrected chi connectivity index (χ0v) is 10.5. The molecule has 0 fully saturated rings. The van der Waals surface area contributed by atoms with E-state index in [0.717, 1.165) is 17.9 Å². The lowest BCUT2D eigenvalue weighted by atomic mass is 10.0. The highest BCUT2D eigenvalue weighted by Gasteiger charge is 2.19. The Morgan fingerprint density at radius 1 is 1.50 bits per heavy atom. The van der Waals surface area contributed by atoms with E-state index in [1.807, 2.05) is 18.7 Å². The van der Waals surface area contributed by atoms with Gasteiger partial charge in [0, 0.05) is 24.1 Å². The Kier molecular flexibility index (Phi) is 4.27. The van der Waals surface area contributed by atoms with Crippen molar-refractivity contribution in [1.82, 2.24) is 5.32 Å². The molecule has 2 rings (SSSR count). The third kappa shape index (κ3) is 2.78. The van der Waals surface area contributed by atoms with E-state index in [0.29, 0.717) is 12.6 Å². The molecule has 2 unspecified atom stereocenters. The van der Waals surface area contributed by atoms with Crippen LogP contribution in [0.4, 0.5) is 0 Å². The van der Waals surface area contributed by atoms with E-state index in [2.05, 4.69) is 29.6 Å². The number of benzene rings is 1. The van der Waals surface area contributed by atoms with Crippen molar-refractivity contribution in [2.45, 2.75) is 31.2 Å². The molecular formula is C13H19NOS. The highest BCUT2D eigenvalue weighted by atomic mass is 32.2. The maximum absolute atomic E-state index is 9.57. The third-order valence-corrected chi connectivity index (χ3v) is 4.13. The van der Waals surface area contributed by atoms with E-state index in [-0.39, 0.29) is 6.10 Å². The SMILES string of the molecule is CCC(O)CNC1CSCc2ccccc21. The topological polar surface area (TPSA) is 32.3 Å². The van der Waals surface area contributed by atoms with E-state index in [4.69, 9.17) is 0 Å². The van der Waals surface area contributed by atoms with Crippen LogP contribution in [0.1, 0.15) is 30.5 Å². The minimum absolute atomic E-state index is 0.223. The Hall–Kier alpha value is -0.510. The molecule has 88 valence electrons. The van der Waals surface area contributed by atoms with Gasteiger partial charge in [0.2, 0.25) is 0 Å². The number of rotatable bonds is 4. The largest absolute Gasteiger partial charge is 0.392 e. The summed E-state index contributed by atoms with van der Waals surface area (Å²) in [5, 5.41) is 13.0. The van der Waals surface area contributed by atoms with Crippen molar-refractivity contribution in [3.8, 4) is 0 Å². The van der Waals surface area contributed by atoms with Gasteiger partial charge in [-0.25, -0.2) is 0 Å². The molecule has 2 nitrogen and oxygen atoms in total. The summed E-state index contributed by atoms with van der Waals surface area (Å²) in [6.45, 7) is 2.70. The molecule has 0 aliphatic carbocycles. The van der Waals surface area contributed by atoms with Gasteiger partial charge in [-0.1, -0.05) is 31.2 Å². The van der Waals surface area contributed by atoms with Gasteiger partial charge in [-0.2, -0.15) is 11.8 Å². The summed E-state index contributed by atoms with van der Waals surface area (Å²) >= 11 is 1.96. The van der Waals surface area contributed by atoms with Crippen LogP contribution in [0, 0.1) is 0 Å². The highest BCUT2D eigenvalue weighted by molar-refractivity contribution is 7.98. The summed E-state index contributed by atoms with van der Waals surface area (Å²) < 4.78 is 0. The molecule has 0 spiro atoms. The fourth-order valence-corrected chi connectivity index (χ4v) is 3.11. The number of aliphatic hydroxyl groups excluding tert-OH is 1. The van der Waals surface area contributed by atoms with E-state index >= 15 is 0 Å². The molecule has 2 atom stereocenters. The molecule has 1 aromatic carbocycles. The van der Waals surface area contributed by atoms with Gasteiger partial charge in [0.15, 0.2) is 0 Å². The van der Waals surface area contributed by atoms with Crippen molar-refractivity contribution in [2.75, 3.05) is 12.3 Å². The summed E-state index contributed by atoms with van der Waals surface area (Å²) in [4.78, 5) is 0. The molecule has 0 saturated heterocycles. The van der Waals surface area contributed by atoms with Crippen LogP contribution in [-0.2, 0) is 5.75 Å². The van der Waals surface area contributed by atoms with Gasteiger partial charge >= 0.3 is 0 Å². The molecule has 0 aromatic heterocycles. The van der Waals surface area contributed by atoms with Gasteiger partial charge in [0.05, 0.1) is 6.10 Å². The lowest BCUT2D eigenvalue weighted by molar-refractivity contribution is 0.164. The van der Waals surface area contributed by atoms with Crippen molar-refractivity contribution in [3.63, 3.8) is 0 Å². The zero-order chi connectivity index (χ0) is 11.4. The van der Waals surface area contributed by atoms with Crippen LogP contribution in [0.3, 0.4) is 0 Å². The van der Waals surface area contributed by atoms with Crippen LogP contribution in [0.5, 0.6) is 0 Å². The van der Waals surface area contributed by atoms with Crippen molar-refractivity contribution in [2.24, 2.45) is 0 Å². The minimum Gasteiger partial charge on any atom is -0.392 e. The van der Waals surface area contributed by atoms with Crippen molar-refractivity contribution in [1.29, 1.82) is 0 Å². The lowest BCUT2D eigenvalue weighted by Gasteiger charge is -2.27. The van der Waals surface area contributed by atoms with Gasteiger partial charge in [-0.3, -0.25) is 0 Å². The quantitative estimate of drug-likeness (QED) is 0.843. The molecular weight excluding hydrogens is 218 g/mol. The second kappa shape index (κ2) is 5.71. The molecule has 0 saturated carbocycles. The second-order valence-electron chi connectivity index (χ2n) is 4.24. The molecule has 1 heterocycles. The Bertz CT molecular complexity index is 342. The van der Waals surface area contributed by atoms with Gasteiger partial charge in [0.25, 0.3) is 0 Å². The Labute approximate surface area is 101 Å². The monoisotopic (exact) mass is 237 g/mol. The first-order valence-electron chi connectivity index (χ1n) is 5.88. The van der Waals surface area contributed by atoms with Gasteiger partial charge in [-0.05, 0) is 17.5 Å². The molecule has 16 heavy (non-hydrogen) atoms. The first-order valence-corrected chi connectivity index (χ1v) is 7.03. The van der Waals surface area contributed by atoms with E-state index < -0.39 is 0 Å². The predicted molar refractivity (Wildman–Crippen MR) is 69.6 cm³/mol. The van der Waals surface area contributed by atoms with Gasteiger partial charge in [0.1, 0.15) is 0 Å². The average Bonchev–Trinajstić information content (AvgIpc) is 2.35. The van der Waals surface area contributed by atoms with Crippen LogP contribution in [-0.4, -0.2) is 23.5 Å². The molecule has 2 N–H and O–H groups in total. The minimum atomic E-state index is -0.223. The molecule has 1 aliphatic heterocycles. The van der Waals surface area contributed by atoms with Crippen LogP contribution >= 0.6 is 11.8 Å². The number of hydrogen-bond donors (Lipinski definition) is 2. The normalized spacial score (nSPS) is 21.5. The number of hydrogen-bond acceptors (Lipinski definition) is 3. The smallest absolute Gasteiger partial charge is 0.0662 e. The van der Waals surface area contributed by atoms with Gasteiger partial charge < -0.3 is 10.4 Å². The number of thioether (sulfide) groups is 1. The average molecular weight is 237 g/mol. The molecule has 1 aromatic rings. The van der Waals surface area contributed by atoms with Crippen LogP contribution in [0.25, 0.3) is 0 Å². The molecule has 0 amide bonds. The Morgan fingerprint density at radius 3 is 3.12 bits per heavy atom. The van der Waals surface area contributed by atoms with E-state index in [1.54, 1.807) is 0 Å². The number of nitrogens with one attached hydrogen (secondary N) is 1. The molecule has 0 radical (unpaired) electrons. The number of aliphatic hydroxyl groups is 1. The van der Waals surface area contributed by atoms with E-state index in [1.165, 1.54) is 11.1 Å². The highest BCUT2D eigenvalue weighted by Crippen LogP contribution is 2.31. The van der Waals surface area contributed by atoms with Crippen molar-refractivity contribution >= 4 is 11.8 Å². The summed E-state index contributed by atoms with van der Waals surface area (Å²) in [5.74, 6) is 2.22. The molecule has 0 bridgehead atoms. The fraction of sp³-hybridized carbons (Fsp3) is 0.538. The number of fused-ring (bicyclic) bond motifs is 1. The summed E-state index contributed by atoms with van der Waals surface area (Å²) in [6.07, 6.45) is 0.591. The van der Waals surface area contributed by atoms with Crippen molar-refractivity contribution in [3.05, 3.63) is 35.4 Å². The fourth-order valence-electron chi connectivity index (χ4n) is 1.97. The lowest BCUT2D eigenvalue weighted by Crippen LogP contribution is -2.33. The first-order chi connectivity index (χ1) is 7.81. The third-order valence-electron chi connectivity index (χ3n) is 3.04. The Balaban J connectivity index is 2.01. The summed E-state index contributed by atoms with van der Waals surface area (Å²) in [6, 6.07) is 9.00. The second-order valence-corrected chi connectivity index (χ2v) is 5.27. The van der Waals surface area contributed by atoms with Crippen molar-refractivity contribution < 1.29 is 5.11 Å². The van der Waals surface area contributed by atoms with Crippen LogP contribution < -0.4 is 5.32 Å². The van der Waals surface area contributed by atoms with Crippen LogP contribution in [0.15, 0.2) is 24.3 Å². The molecule has 1 aliphatic rings. The first kappa shape index (κ1) is 12.0. The maximum Gasteiger partial charge on any atom is 0.0662 e. The van der Waals surface area contributed by atoms with Gasteiger partial charge in [-0.15, -0.1) is 0 Å². The summed E-state index contributed by atoms with van der Waals surface area (Å²) in [7, 11) is 0. The summed E-state index contributed by atoms with van der Waals surface area (Å²) in [5.41, 5.74) is 2.84. The standard InChI is InChI=1S/C13H19NOS/c1-2-11(15)7-14-13-9-16-8-10-5-3-4-6-12(10)13/h3-6,11,13-15H,2,7-9H2,1H3.